The van der Waals surface area contributed by atoms with Crippen LogP contribution < -0.4 is 4.90 Å². The number of likely N-dealkylation sites (tertiary alicyclic amines) is 1. The number of fused-ring (bicyclic) bond motifs is 1. The van der Waals surface area contributed by atoms with Crippen LogP contribution in [0, 0.1) is 11.7 Å². The van der Waals surface area contributed by atoms with Crippen LogP contribution in [0.15, 0.2) is 53.2 Å². The first-order valence-corrected chi connectivity index (χ1v) is 11.2. The van der Waals surface area contributed by atoms with Gasteiger partial charge in [-0.05, 0) is 63.3 Å². The van der Waals surface area contributed by atoms with E-state index < -0.39 is 18.1 Å². The van der Waals surface area contributed by atoms with E-state index >= 15 is 0 Å². The molecule has 4 heterocycles. The number of imidazole rings is 1. The first-order chi connectivity index (χ1) is 16.9. The highest BCUT2D eigenvalue weighted by atomic mass is 19.3. The Morgan fingerprint density at radius 1 is 1.20 bits per heavy atom. The number of carbonyl (C=O) groups excluding carboxylic acids is 1. The van der Waals surface area contributed by atoms with Crippen molar-refractivity contribution >= 4 is 17.2 Å². The highest BCUT2D eigenvalue weighted by Crippen LogP contribution is 2.27. The summed E-state index contributed by atoms with van der Waals surface area (Å²) < 4.78 is 46.4. The molecule has 35 heavy (non-hydrogen) atoms. The lowest BCUT2D eigenvalue weighted by Crippen LogP contribution is -2.41. The Kier molecular flexibility index (Phi) is 6.25. The SMILES string of the molecule is CN1CCC(C(=O)N(Cc2cn3ccc(-c4nnc(C(F)F)o4)cc3n2)c2cccc(F)c2)CC1. The maximum Gasteiger partial charge on any atom is 0.314 e. The molecule has 182 valence electrons. The van der Waals surface area contributed by atoms with Gasteiger partial charge in [-0.25, -0.2) is 9.37 Å². The minimum Gasteiger partial charge on any atom is -0.415 e. The van der Waals surface area contributed by atoms with Gasteiger partial charge < -0.3 is 18.6 Å². The Bertz CT molecular complexity index is 1350. The molecule has 5 rings (SSSR count). The fourth-order valence-corrected chi connectivity index (χ4v) is 4.26. The lowest BCUT2D eigenvalue weighted by atomic mass is 9.95. The van der Waals surface area contributed by atoms with Gasteiger partial charge in [0.2, 0.25) is 11.8 Å². The van der Waals surface area contributed by atoms with Crippen LogP contribution in [0.5, 0.6) is 0 Å². The standard InChI is InChI=1S/C24H23F3N6O2/c1-31-8-5-15(6-9-31)24(34)33(19-4-2-3-17(25)12-19)14-18-13-32-10-7-16(11-20(32)28-18)22-29-30-23(35-22)21(26)27/h2-4,7,10-13,15,21H,5-6,8-9,14H2,1H3. The molecule has 3 aromatic heterocycles. The van der Waals surface area contributed by atoms with E-state index in [2.05, 4.69) is 20.1 Å². The number of piperidine rings is 1. The lowest BCUT2D eigenvalue weighted by molar-refractivity contribution is -0.123. The van der Waals surface area contributed by atoms with Crippen molar-refractivity contribution in [2.75, 3.05) is 25.0 Å². The van der Waals surface area contributed by atoms with Gasteiger partial charge in [-0.3, -0.25) is 4.79 Å². The summed E-state index contributed by atoms with van der Waals surface area (Å²) in [5.41, 5.74) is 2.02. The molecular weight excluding hydrogens is 461 g/mol. The molecule has 8 nitrogen and oxygen atoms in total. The number of nitrogens with zero attached hydrogens (tertiary/aromatic N) is 6. The zero-order valence-corrected chi connectivity index (χ0v) is 18.9. The van der Waals surface area contributed by atoms with Crippen molar-refractivity contribution < 1.29 is 22.4 Å². The zero-order valence-electron chi connectivity index (χ0n) is 18.9. The summed E-state index contributed by atoms with van der Waals surface area (Å²) in [6.07, 6.45) is 2.08. The third kappa shape index (κ3) is 4.90. The molecule has 0 aliphatic carbocycles. The van der Waals surface area contributed by atoms with Crippen LogP contribution in [0.25, 0.3) is 17.1 Å². The number of halogens is 3. The van der Waals surface area contributed by atoms with Gasteiger partial charge in [0.15, 0.2) is 0 Å². The number of carbonyl (C=O) groups is 1. The molecule has 0 unspecified atom stereocenters. The van der Waals surface area contributed by atoms with Crippen molar-refractivity contribution in [2.24, 2.45) is 5.92 Å². The van der Waals surface area contributed by atoms with E-state index in [1.54, 1.807) is 46.0 Å². The van der Waals surface area contributed by atoms with Crippen LogP contribution in [-0.4, -0.2) is 50.5 Å². The van der Waals surface area contributed by atoms with Gasteiger partial charge in [-0.2, -0.15) is 8.78 Å². The maximum atomic E-state index is 14.0. The number of pyridine rings is 1. The molecule has 0 spiro atoms. The van der Waals surface area contributed by atoms with Crippen LogP contribution in [0.4, 0.5) is 18.9 Å². The van der Waals surface area contributed by atoms with Crippen LogP contribution in [0.3, 0.4) is 0 Å². The quantitative estimate of drug-likeness (QED) is 0.405. The third-order valence-corrected chi connectivity index (χ3v) is 6.16. The second-order valence-electron chi connectivity index (χ2n) is 8.64. The largest absolute Gasteiger partial charge is 0.415 e. The van der Waals surface area contributed by atoms with Gasteiger partial charge in [0.05, 0.1) is 12.2 Å². The summed E-state index contributed by atoms with van der Waals surface area (Å²) in [7, 11) is 2.03. The highest BCUT2D eigenvalue weighted by Gasteiger charge is 2.29. The normalized spacial score (nSPS) is 15.2. The highest BCUT2D eigenvalue weighted by molar-refractivity contribution is 5.95. The Labute approximate surface area is 199 Å². The van der Waals surface area contributed by atoms with Crippen molar-refractivity contribution in [1.29, 1.82) is 0 Å². The minimum absolute atomic E-state index is 0.0359. The van der Waals surface area contributed by atoms with Gasteiger partial charge in [0.1, 0.15) is 11.5 Å². The first kappa shape index (κ1) is 23.0. The fourth-order valence-electron chi connectivity index (χ4n) is 4.26. The molecule has 1 saturated heterocycles. The van der Waals surface area contributed by atoms with Gasteiger partial charge in [0, 0.05) is 29.6 Å². The average Bonchev–Trinajstić information content (AvgIpc) is 3.49. The molecule has 0 N–H and O–H groups in total. The number of alkyl halides is 2. The van der Waals surface area contributed by atoms with E-state index in [1.807, 2.05) is 7.05 Å². The molecule has 1 amide bonds. The molecule has 11 heteroatoms. The predicted octanol–water partition coefficient (Wildman–Crippen LogP) is 4.34. The predicted molar refractivity (Wildman–Crippen MR) is 121 cm³/mol. The number of aromatic nitrogens is 4. The van der Waals surface area contributed by atoms with Gasteiger partial charge in [-0.15, -0.1) is 10.2 Å². The van der Waals surface area contributed by atoms with E-state index in [0.717, 1.165) is 25.9 Å². The number of hydrogen-bond donors (Lipinski definition) is 0. The van der Waals surface area contributed by atoms with Crippen LogP contribution in [-0.2, 0) is 11.3 Å². The van der Waals surface area contributed by atoms with Crippen molar-refractivity contribution in [3.8, 4) is 11.5 Å². The summed E-state index contributed by atoms with van der Waals surface area (Å²) in [5.74, 6) is -1.43. The van der Waals surface area contributed by atoms with Crippen molar-refractivity contribution in [3.63, 3.8) is 0 Å². The second-order valence-corrected chi connectivity index (χ2v) is 8.64. The Morgan fingerprint density at radius 3 is 2.71 bits per heavy atom. The average molecular weight is 484 g/mol. The number of hydrogen-bond acceptors (Lipinski definition) is 6. The van der Waals surface area contributed by atoms with Gasteiger partial charge in [0.25, 0.3) is 5.89 Å². The van der Waals surface area contributed by atoms with Crippen LogP contribution >= 0.6 is 0 Å². The lowest BCUT2D eigenvalue weighted by Gasteiger charge is -2.32. The van der Waals surface area contributed by atoms with Crippen molar-refractivity contribution in [2.45, 2.75) is 25.8 Å². The molecule has 1 aliphatic rings. The molecule has 0 bridgehead atoms. The second kappa shape index (κ2) is 9.49. The summed E-state index contributed by atoms with van der Waals surface area (Å²) in [6, 6.07) is 9.25. The van der Waals surface area contributed by atoms with Gasteiger partial charge in [-0.1, -0.05) is 6.07 Å². The Morgan fingerprint density at radius 2 is 2.00 bits per heavy atom. The number of anilines is 1. The topological polar surface area (TPSA) is 79.8 Å². The van der Waals surface area contributed by atoms with E-state index in [-0.39, 0.29) is 24.3 Å². The van der Waals surface area contributed by atoms with Crippen LogP contribution in [0.2, 0.25) is 0 Å². The minimum atomic E-state index is -2.85. The smallest absolute Gasteiger partial charge is 0.314 e. The Balaban J connectivity index is 1.43. The number of rotatable bonds is 6. The molecular formula is C24H23F3N6O2. The van der Waals surface area contributed by atoms with E-state index in [9.17, 15) is 18.0 Å². The van der Waals surface area contributed by atoms with Crippen LogP contribution in [0.1, 0.15) is 30.9 Å². The van der Waals surface area contributed by atoms with E-state index in [4.69, 9.17) is 4.42 Å². The van der Waals surface area contributed by atoms with Crippen molar-refractivity contribution in [1.82, 2.24) is 24.5 Å². The molecule has 0 atom stereocenters. The third-order valence-electron chi connectivity index (χ3n) is 6.16. The van der Waals surface area contributed by atoms with Gasteiger partial charge >= 0.3 is 6.43 Å². The molecule has 0 saturated carbocycles. The summed E-state index contributed by atoms with van der Waals surface area (Å²) in [5, 5.41) is 7.03. The monoisotopic (exact) mass is 484 g/mol. The number of amides is 1. The van der Waals surface area contributed by atoms with E-state index in [1.165, 1.54) is 12.1 Å². The molecule has 4 aromatic rings. The number of benzene rings is 1. The molecule has 1 aromatic carbocycles. The fraction of sp³-hybridized carbons (Fsp3) is 0.333. The summed E-state index contributed by atoms with van der Waals surface area (Å²) in [4.78, 5) is 21.9. The molecule has 1 aliphatic heterocycles. The van der Waals surface area contributed by atoms with Crippen molar-refractivity contribution in [3.05, 3.63) is 66.2 Å². The summed E-state index contributed by atoms with van der Waals surface area (Å²) in [6.45, 7) is 1.81. The summed E-state index contributed by atoms with van der Waals surface area (Å²) >= 11 is 0. The first-order valence-electron chi connectivity index (χ1n) is 11.2. The Hall–Kier alpha value is -3.73. The zero-order chi connectivity index (χ0) is 24.5. The molecule has 1 fully saturated rings. The molecule has 0 radical (unpaired) electrons. The van der Waals surface area contributed by atoms with E-state index in [0.29, 0.717) is 22.6 Å². The maximum absolute atomic E-state index is 14.0.